The Labute approximate surface area is 130 Å². The summed E-state index contributed by atoms with van der Waals surface area (Å²) < 4.78 is 28.3. The Morgan fingerprint density at radius 2 is 2.20 bits per heavy atom. The number of ether oxygens (including phenoxy) is 1. The van der Waals surface area contributed by atoms with Crippen molar-refractivity contribution in [3.8, 4) is 5.75 Å². The highest BCUT2D eigenvalue weighted by atomic mass is 79.9. The summed E-state index contributed by atoms with van der Waals surface area (Å²) in [5, 5.41) is 0. The number of halogens is 2. The van der Waals surface area contributed by atoms with Crippen LogP contribution in [0.2, 0.25) is 0 Å². The van der Waals surface area contributed by atoms with Crippen LogP contribution in [0.25, 0.3) is 0 Å². The molecule has 1 aromatic rings. The molecule has 1 aliphatic heterocycles. The summed E-state index contributed by atoms with van der Waals surface area (Å²) in [5.41, 5.74) is 0.634. The van der Waals surface area contributed by atoms with Crippen LogP contribution in [0.5, 0.6) is 5.75 Å². The fraction of sp³-hybridized carbons (Fsp3) is 0.417. The number of amides is 1. The van der Waals surface area contributed by atoms with Gasteiger partial charge in [-0.25, -0.2) is 8.42 Å². The van der Waals surface area contributed by atoms with E-state index in [-0.39, 0.29) is 24.0 Å². The maximum absolute atomic E-state index is 12.0. The van der Waals surface area contributed by atoms with Gasteiger partial charge in [-0.3, -0.25) is 4.79 Å². The maximum atomic E-state index is 12.0. The molecule has 0 saturated carbocycles. The van der Waals surface area contributed by atoms with Crippen molar-refractivity contribution in [1.82, 2.24) is 0 Å². The van der Waals surface area contributed by atoms with E-state index < -0.39 is 9.05 Å². The maximum Gasteiger partial charge on any atom is 0.232 e. The topological polar surface area (TPSA) is 63.7 Å². The summed E-state index contributed by atoms with van der Waals surface area (Å²) in [5.74, 6) is -0.0632. The van der Waals surface area contributed by atoms with Crippen molar-refractivity contribution >= 4 is 47.3 Å². The molecule has 0 N–H and O–H groups in total. The Morgan fingerprint density at radius 1 is 1.50 bits per heavy atom. The van der Waals surface area contributed by atoms with Crippen LogP contribution in [-0.2, 0) is 13.8 Å². The van der Waals surface area contributed by atoms with E-state index in [2.05, 4.69) is 15.9 Å². The molecule has 1 fully saturated rings. The lowest BCUT2D eigenvalue weighted by molar-refractivity contribution is -0.117. The minimum Gasteiger partial charge on any atom is -0.495 e. The molecular formula is C12H13BrClNO4S. The predicted octanol–water partition coefficient (Wildman–Crippen LogP) is 2.38. The molecule has 1 aromatic carbocycles. The fourth-order valence-corrected chi connectivity index (χ4v) is 3.94. The number of anilines is 1. The molecule has 1 heterocycles. The lowest BCUT2D eigenvalue weighted by Gasteiger charge is -2.19. The number of hydrogen-bond acceptors (Lipinski definition) is 4. The third-order valence-electron chi connectivity index (χ3n) is 3.07. The predicted molar refractivity (Wildman–Crippen MR) is 80.8 cm³/mol. The zero-order valence-corrected chi connectivity index (χ0v) is 13.8. The Kier molecular flexibility index (Phi) is 4.61. The van der Waals surface area contributed by atoms with Gasteiger partial charge >= 0.3 is 0 Å². The Morgan fingerprint density at radius 3 is 2.80 bits per heavy atom. The van der Waals surface area contributed by atoms with E-state index in [9.17, 15) is 13.2 Å². The molecule has 1 saturated heterocycles. The van der Waals surface area contributed by atoms with Crippen molar-refractivity contribution in [3.63, 3.8) is 0 Å². The molecule has 0 aromatic heterocycles. The van der Waals surface area contributed by atoms with E-state index in [1.807, 2.05) is 0 Å². The van der Waals surface area contributed by atoms with Gasteiger partial charge in [0.05, 0.1) is 18.6 Å². The first kappa shape index (κ1) is 15.6. The number of carbonyl (C=O) groups is 1. The molecule has 0 aliphatic carbocycles. The van der Waals surface area contributed by atoms with E-state index in [1.165, 1.54) is 12.0 Å². The van der Waals surface area contributed by atoms with Gasteiger partial charge in [-0.05, 0) is 18.2 Å². The summed E-state index contributed by atoms with van der Waals surface area (Å²) in [4.78, 5) is 13.6. The summed E-state index contributed by atoms with van der Waals surface area (Å²) >= 11 is 3.33. The molecule has 1 atom stereocenters. The van der Waals surface area contributed by atoms with Crippen LogP contribution in [-0.4, -0.2) is 33.7 Å². The number of nitrogens with zero attached hydrogens (tertiary/aromatic N) is 1. The van der Waals surface area contributed by atoms with Gasteiger partial charge < -0.3 is 9.64 Å². The first-order valence-corrected chi connectivity index (χ1v) is 9.13. The molecule has 1 aliphatic rings. The first-order chi connectivity index (χ1) is 9.30. The van der Waals surface area contributed by atoms with Gasteiger partial charge in [0.15, 0.2) is 0 Å². The van der Waals surface area contributed by atoms with Gasteiger partial charge in [-0.1, -0.05) is 15.9 Å². The second-order valence-electron chi connectivity index (χ2n) is 4.60. The summed E-state index contributed by atoms with van der Waals surface area (Å²) in [7, 11) is 3.16. The van der Waals surface area contributed by atoms with Crippen LogP contribution < -0.4 is 9.64 Å². The van der Waals surface area contributed by atoms with Crippen LogP contribution in [0.4, 0.5) is 5.69 Å². The molecule has 0 bridgehead atoms. The van der Waals surface area contributed by atoms with Crippen LogP contribution in [0.1, 0.15) is 6.42 Å². The minimum absolute atomic E-state index is 0.129. The molecule has 1 unspecified atom stereocenters. The van der Waals surface area contributed by atoms with Crippen LogP contribution in [0.3, 0.4) is 0 Å². The van der Waals surface area contributed by atoms with Gasteiger partial charge in [-0.2, -0.15) is 0 Å². The molecule has 2 rings (SSSR count). The van der Waals surface area contributed by atoms with E-state index in [0.717, 1.165) is 4.47 Å². The largest absolute Gasteiger partial charge is 0.495 e. The highest BCUT2D eigenvalue weighted by Crippen LogP contribution is 2.35. The second-order valence-corrected chi connectivity index (χ2v) is 8.33. The van der Waals surface area contributed by atoms with Crippen molar-refractivity contribution in [2.75, 3.05) is 24.3 Å². The highest BCUT2D eigenvalue weighted by molar-refractivity contribution is 9.10. The monoisotopic (exact) mass is 381 g/mol. The first-order valence-electron chi connectivity index (χ1n) is 5.86. The van der Waals surface area contributed by atoms with E-state index in [4.69, 9.17) is 15.4 Å². The quantitative estimate of drug-likeness (QED) is 0.750. The molecule has 0 radical (unpaired) electrons. The summed E-state index contributed by atoms with van der Waals surface area (Å²) in [6, 6.07) is 5.32. The van der Waals surface area contributed by atoms with E-state index >= 15 is 0 Å². The number of methoxy groups -OCH3 is 1. The molecule has 1 amide bonds. The van der Waals surface area contributed by atoms with Gasteiger partial charge in [-0.15, -0.1) is 0 Å². The molecule has 110 valence electrons. The average molecular weight is 383 g/mol. The SMILES string of the molecule is COc1cc(Br)ccc1N1CC(CS(=O)(=O)Cl)CC1=O. The van der Waals surface area contributed by atoms with Crippen LogP contribution >= 0.6 is 26.6 Å². The van der Waals surface area contributed by atoms with Crippen molar-refractivity contribution in [3.05, 3.63) is 22.7 Å². The smallest absolute Gasteiger partial charge is 0.232 e. The summed E-state index contributed by atoms with van der Waals surface area (Å²) in [6.45, 7) is 0.322. The van der Waals surface area contributed by atoms with Crippen LogP contribution in [0.15, 0.2) is 22.7 Å². The third kappa shape index (κ3) is 3.65. The Balaban J connectivity index is 2.24. The molecule has 8 heteroatoms. The van der Waals surface area contributed by atoms with Gasteiger partial charge in [0.1, 0.15) is 5.75 Å². The zero-order valence-electron chi connectivity index (χ0n) is 10.7. The lowest BCUT2D eigenvalue weighted by atomic mass is 10.1. The van der Waals surface area contributed by atoms with E-state index in [0.29, 0.717) is 18.0 Å². The van der Waals surface area contributed by atoms with E-state index in [1.54, 1.807) is 18.2 Å². The zero-order chi connectivity index (χ0) is 14.9. The van der Waals surface area contributed by atoms with Gasteiger partial charge in [0, 0.05) is 34.0 Å². The Hall–Kier alpha value is -0.790. The molecular weight excluding hydrogens is 370 g/mol. The minimum atomic E-state index is -3.60. The molecule has 5 nitrogen and oxygen atoms in total. The standard InChI is InChI=1S/C12H13BrClNO4S/c1-19-11-5-9(13)2-3-10(11)15-6-8(4-12(15)16)7-20(14,17)18/h2-3,5,8H,4,6-7H2,1H3. The van der Waals surface area contributed by atoms with Crippen molar-refractivity contribution in [2.24, 2.45) is 5.92 Å². The number of benzene rings is 1. The highest BCUT2D eigenvalue weighted by Gasteiger charge is 2.34. The second kappa shape index (κ2) is 5.91. The average Bonchev–Trinajstić information content (AvgIpc) is 2.67. The van der Waals surface area contributed by atoms with Crippen molar-refractivity contribution < 1.29 is 17.9 Å². The summed E-state index contributed by atoms with van der Waals surface area (Å²) in [6.07, 6.45) is 0.172. The van der Waals surface area contributed by atoms with Crippen LogP contribution in [0, 0.1) is 5.92 Å². The fourth-order valence-electron chi connectivity index (χ4n) is 2.28. The number of rotatable bonds is 4. The van der Waals surface area contributed by atoms with Crippen molar-refractivity contribution in [2.45, 2.75) is 6.42 Å². The molecule has 0 spiro atoms. The number of carbonyl (C=O) groups excluding carboxylic acids is 1. The Bertz CT molecular complexity index is 634. The molecule has 20 heavy (non-hydrogen) atoms. The number of hydrogen-bond donors (Lipinski definition) is 0. The normalized spacial score (nSPS) is 19.4. The lowest BCUT2D eigenvalue weighted by Crippen LogP contribution is -2.25. The third-order valence-corrected chi connectivity index (χ3v) is 4.81. The van der Waals surface area contributed by atoms with Crippen molar-refractivity contribution in [1.29, 1.82) is 0 Å². The van der Waals surface area contributed by atoms with Gasteiger partial charge in [0.25, 0.3) is 0 Å². The van der Waals surface area contributed by atoms with Gasteiger partial charge in [0.2, 0.25) is 15.0 Å².